The van der Waals surface area contributed by atoms with E-state index < -0.39 is 9.04 Å². The predicted octanol–water partition coefficient (Wildman–Crippen LogP) is 3.61. The fourth-order valence-electron chi connectivity index (χ4n) is 1.70. The largest absolute Gasteiger partial charge is 0.416 e. The molecule has 0 aliphatic heterocycles. The zero-order valence-corrected chi connectivity index (χ0v) is 10.6. The molecule has 0 spiro atoms. The first-order valence-corrected chi connectivity index (χ1v) is 6.11. The third-order valence-corrected chi connectivity index (χ3v) is 4.95. The van der Waals surface area contributed by atoms with Crippen molar-refractivity contribution in [1.82, 2.24) is 0 Å². The van der Waals surface area contributed by atoms with Crippen LogP contribution in [0, 0.1) is 0 Å². The summed E-state index contributed by atoms with van der Waals surface area (Å²) in [6.07, 6.45) is 0. The third kappa shape index (κ3) is 3.72. The first-order valence-electron chi connectivity index (χ1n) is 4.70. The Kier molecular flexibility index (Phi) is 3.98. The number of hydrogen-bond donors (Lipinski definition) is 0. The summed E-state index contributed by atoms with van der Waals surface area (Å²) in [5, 5.41) is 0.665. The van der Waals surface area contributed by atoms with Crippen molar-refractivity contribution in [3.8, 4) is 0 Å². The zero-order chi connectivity index (χ0) is 9.99. The predicted molar refractivity (Wildman–Crippen MR) is 56.8 cm³/mol. The average Bonchev–Trinajstić information content (AvgIpc) is 1.77. The van der Waals surface area contributed by atoms with E-state index in [0.717, 1.165) is 6.61 Å². The fraction of sp³-hybridized carbons (Fsp3) is 1.00. The molecule has 1 radical (unpaired) electrons. The van der Waals surface area contributed by atoms with E-state index >= 15 is 0 Å². The molecule has 0 aromatic heterocycles. The van der Waals surface area contributed by atoms with Gasteiger partial charge in [-0.3, -0.25) is 0 Å². The molecule has 73 valence electrons. The molecule has 0 saturated heterocycles. The highest BCUT2D eigenvalue weighted by Gasteiger charge is 2.38. The van der Waals surface area contributed by atoms with Crippen molar-refractivity contribution in [3.63, 3.8) is 0 Å². The molecular weight excluding hydrogens is 164 g/mol. The molecule has 0 heterocycles. The molecule has 0 saturated carbocycles. The van der Waals surface area contributed by atoms with Gasteiger partial charge in [-0.05, 0) is 17.0 Å². The molecule has 2 heteroatoms. The molecule has 0 bridgehead atoms. The highest BCUT2D eigenvalue weighted by atomic mass is 28.3. The van der Waals surface area contributed by atoms with Crippen molar-refractivity contribution in [3.05, 3.63) is 0 Å². The minimum atomic E-state index is -0.727. The third-order valence-electron chi connectivity index (χ3n) is 1.65. The summed E-state index contributed by atoms with van der Waals surface area (Å²) in [5.41, 5.74) is 0. The molecule has 0 amide bonds. The monoisotopic (exact) mass is 187 g/mol. The van der Waals surface area contributed by atoms with E-state index in [0.29, 0.717) is 10.1 Å². The van der Waals surface area contributed by atoms with Crippen LogP contribution in [0.25, 0.3) is 0 Å². The zero-order valence-electron chi connectivity index (χ0n) is 9.62. The lowest BCUT2D eigenvalue weighted by Crippen LogP contribution is -2.38. The highest BCUT2D eigenvalue weighted by Crippen LogP contribution is 2.42. The van der Waals surface area contributed by atoms with Crippen molar-refractivity contribution in [1.29, 1.82) is 0 Å². The maximum atomic E-state index is 5.87. The molecule has 0 fully saturated rings. The van der Waals surface area contributed by atoms with E-state index in [2.05, 4.69) is 48.5 Å². The van der Waals surface area contributed by atoms with E-state index in [9.17, 15) is 0 Å². The Morgan fingerprint density at radius 3 is 1.33 bits per heavy atom. The fourth-order valence-corrected chi connectivity index (χ4v) is 5.11. The Hall–Kier alpha value is 0.177. The smallest absolute Gasteiger partial charge is 0.222 e. The first-order chi connectivity index (χ1) is 5.19. The van der Waals surface area contributed by atoms with Crippen LogP contribution in [0.15, 0.2) is 0 Å². The minimum Gasteiger partial charge on any atom is -0.416 e. The van der Waals surface area contributed by atoms with E-state index in [-0.39, 0.29) is 0 Å². The second kappa shape index (κ2) is 3.92. The van der Waals surface area contributed by atoms with Gasteiger partial charge in [0.15, 0.2) is 0 Å². The van der Waals surface area contributed by atoms with Crippen LogP contribution < -0.4 is 0 Å². The Bertz CT molecular complexity index is 116. The summed E-state index contributed by atoms with van der Waals surface area (Å²) in [6.45, 7) is 16.6. The van der Waals surface area contributed by atoms with Crippen LogP contribution in [-0.2, 0) is 4.43 Å². The lowest BCUT2D eigenvalue weighted by Gasteiger charge is -2.37. The van der Waals surface area contributed by atoms with Gasteiger partial charge in [-0.15, -0.1) is 0 Å². The van der Waals surface area contributed by atoms with Gasteiger partial charge in [0.05, 0.1) is 0 Å². The topological polar surface area (TPSA) is 9.23 Å². The van der Waals surface area contributed by atoms with Gasteiger partial charge in [-0.1, -0.05) is 41.5 Å². The van der Waals surface area contributed by atoms with Crippen LogP contribution in [0.3, 0.4) is 0 Å². The maximum Gasteiger partial charge on any atom is 0.222 e. The van der Waals surface area contributed by atoms with E-state index in [1.165, 1.54) is 0 Å². The van der Waals surface area contributed by atoms with E-state index in [1.54, 1.807) is 0 Å². The van der Waals surface area contributed by atoms with Crippen LogP contribution in [0.5, 0.6) is 0 Å². The first kappa shape index (κ1) is 12.2. The van der Waals surface area contributed by atoms with E-state index in [1.807, 2.05) is 0 Å². The van der Waals surface area contributed by atoms with Gasteiger partial charge in [-0.25, -0.2) is 0 Å². The second-order valence-corrected chi connectivity index (χ2v) is 9.21. The van der Waals surface area contributed by atoms with Crippen molar-refractivity contribution in [2.24, 2.45) is 0 Å². The molecular formula is C10H23OSi. The van der Waals surface area contributed by atoms with Crippen LogP contribution in [0.1, 0.15) is 48.5 Å². The molecule has 0 aliphatic rings. The summed E-state index contributed by atoms with van der Waals surface area (Å²) in [6, 6.07) is 0. The van der Waals surface area contributed by atoms with Crippen LogP contribution in [0.2, 0.25) is 10.1 Å². The van der Waals surface area contributed by atoms with Crippen molar-refractivity contribution >= 4 is 9.04 Å². The normalized spacial score (nSPS) is 14.0. The average molecular weight is 187 g/mol. The summed E-state index contributed by atoms with van der Waals surface area (Å²) in [5.74, 6) is 0. The number of hydrogen-bond acceptors (Lipinski definition) is 1. The quantitative estimate of drug-likeness (QED) is 0.600. The van der Waals surface area contributed by atoms with Gasteiger partial charge in [0.25, 0.3) is 0 Å². The Labute approximate surface area is 79.2 Å². The van der Waals surface area contributed by atoms with Crippen LogP contribution >= 0.6 is 0 Å². The molecule has 0 unspecified atom stereocenters. The van der Waals surface area contributed by atoms with Crippen molar-refractivity contribution < 1.29 is 4.43 Å². The Morgan fingerprint density at radius 1 is 0.917 bits per heavy atom. The Morgan fingerprint density at radius 2 is 1.25 bits per heavy atom. The van der Waals surface area contributed by atoms with Gasteiger partial charge in [0.1, 0.15) is 0 Å². The molecule has 1 nitrogen and oxygen atoms in total. The minimum absolute atomic E-state index is 0.332. The van der Waals surface area contributed by atoms with Gasteiger partial charge in [-0.2, -0.15) is 0 Å². The maximum absolute atomic E-state index is 5.87. The van der Waals surface area contributed by atoms with Crippen LogP contribution in [-0.4, -0.2) is 15.6 Å². The summed E-state index contributed by atoms with van der Waals surface area (Å²) >= 11 is 0. The van der Waals surface area contributed by atoms with Crippen molar-refractivity contribution in [2.45, 2.75) is 58.5 Å². The highest BCUT2D eigenvalue weighted by molar-refractivity contribution is 6.58. The molecule has 0 N–H and O–H groups in total. The summed E-state index contributed by atoms with van der Waals surface area (Å²) in [4.78, 5) is 0. The molecule has 0 rings (SSSR count). The van der Waals surface area contributed by atoms with E-state index in [4.69, 9.17) is 4.43 Å². The standard InChI is InChI=1S/C10H23OSi/c1-8-11-12(9(2,3)4)10(5,6)7/h8H2,1-7H3. The van der Waals surface area contributed by atoms with Gasteiger partial charge in [0.2, 0.25) is 9.04 Å². The SMILES string of the molecule is CCO[Si](C(C)(C)C)C(C)(C)C. The molecule has 0 aromatic carbocycles. The number of rotatable bonds is 2. The van der Waals surface area contributed by atoms with Gasteiger partial charge < -0.3 is 4.43 Å². The van der Waals surface area contributed by atoms with Crippen LogP contribution in [0.4, 0.5) is 0 Å². The van der Waals surface area contributed by atoms with Gasteiger partial charge in [0, 0.05) is 6.61 Å². The molecule has 0 aliphatic carbocycles. The molecule has 12 heavy (non-hydrogen) atoms. The van der Waals surface area contributed by atoms with Gasteiger partial charge >= 0.3 is 0 Å². The molecule has 0 atom stereocenters. The summed E-state index contributed by atoms with van der Waals surface area (Å²) < 4.78 is 5.87. The lowest BCUT2D eigenvalue weighted by atomic mass is 10.2. The second-order valence-electron chi connectivity index (χ2n) is 5.26. The summed E-state index contributed by atoms with van der Waals surface area (Å²) in [7, 11) is -0.727. The Balaban J connectivity index is 4.45. The molecule has 0 aromatic rings. The lowest BCUT2D eigenvalue weighted by molar-refractivity contribution is 0.301. The van der Waals surface area contributed by atoms with Crippen molar-refractivity contribution in [2.75, 3.05) is 6.61 Å².